The molecule has 1 N–H and O–H groups in total. The fourth-order valence-electron chi connectivity index (χ4n) is 1.51. The van der Waals surface area contributed by atoms with Crippen molar-refractivity contribution in [3.8, 4) is 17.6 Å². The molecule has 0 saturated carbocycles. The van der Waals surface area contributed by atoms with Crippen LogP contribution in [0.3, 0.4) is 0 Å². The van der Waals surface area contributed by atoms with Crippen LogP contribution in [0, 0.1) is 11.8 Å². The number of aliphatic carboxylic acids is 1. The lowest BCUT2D eigenvalue weighted by atomic mass is 10.1. The van der Waals surface area contributed by atoms with Gasteiger partial charge in [-0.25, -0.2) is 4.79 Å². The van der Waals surface area contributed by atoms with Crippen LogP contribution in [0.2, 0.25) is 0 Å². The molecule has 0 aliphatic heterocycles. The molecule has 21 heavy (non-hydrogen) atoms. The van der Waals surface area contributed by atoms with Gasteiger partial charge in [0.25, 0.3) is 0 Å². The van der Waals surface area contributed by atoms with E-state index in [1.807, 2.05) is 6.07 Å². The van der Waals surface area contributed by atoms with Crippen molar-refractivity contribution in [3.63, 3.8) is 0 Å². The second-order valence-corrected chi connectivity index (χ2v) is 5.29. The molecule has 0 amide bonds. The molecule has 0 spiro atoms. The number of hydrogen-bond donors (Lipinski definition) is 1. The third kappa shape index (κ3) is 6.68. The van der Waals surface area contributed by atoms with Crippen LogP contribution in [0.15, 0.2) is 24.3 Å². The zero-order valence-electron chi connectivity index (χ0n) is 11.9. The molecule has 1 aromatic carbocycles. The minimum atomic E-state index is -1.02. The van der Waals surface area contributed by atoms with E-state index in [9.17, 15) is 9.59 Å². The summed E-state index contributed by atoms with van der Waals surface area (Å²) in [5, 5.41) is 8.75. The number of benzene rings is 1. The zero-order chi connectivity index (χ0) is 15.7. The van der Waals surface area contributed by atoms with Crippen molar-refractivity contribution in [2.24, 2.45) is 0 Å². The van der Waals surface area contributed by atoms with E-state index in [1.165, 1.54) is 31.9 Å². The summed E-state index contributed by atoms with van der Waals surface area (Å²) in [7, 11) is 1.53. The number of carboxylic acids is 1. The van der Waals surface area contributed by atoms with Crippen molar-refractivity contribution in [3.05, 3.63) is 35.4 Å². The van der Waals surface area contributed by atoms with Crippen LogP contribution in [-0.2, 0) is 9.59 Å². The lowest BCUT2D eigenvalue weighted by Crippen LogP contribution is -1.90. The van der Waals surface area contributed by atoms with Gasteiger partial charge in [-0.3, -0.25) is 4.79 Å². The lowest BCUT2D eigenvalue weighted by Gasteiger charge is -2.04. The molecular weight excluding hydrogens is 288 g/mol. The molecule has 0 unspecified atom stereocenters. The highest BCUT2D eigenvalue weighted by Crippen LogP contribution is 2.21. The van der Waals surface area contributed by atoms with E-state index in [-0.39, 0.29) is 5.12 Å². The Balaban J connectivity index is 2.80. The highest BCUT2D eigenvalue weighted by atomic mass is 32.2. The predicted molar refractivity (Wildman–Crippen MR) is 84.3 cm³/mol. The average molecular weight is 304 g/mol. The topological polar surface area (TPSA) is 63.6 Å². The third-order valence-corrected chi connectivity index (χ3v) is 3.22. The first-order valence-corrected chi connectivity index (χ1v) is 7.22. The maximum absolute atomic E-state index is 10.8. The SMILES string of the molecule is COc1ccc(C#CCCSC(C)=O)cc1/C=C/C(=O)O. The monoisotopic (exact) mass is 304 g/mol. The summed E-state index contributed by atoms with van der Waals surface area (Å²) >= 11 is 1.25. The van der Waals surface area contributed by atoms with Gasteiger partial charge in [0.15, 0.2) is 5.12 Å². The molecule has 0 fully saturated rings. The highest BCUT2D eigenvalue weighted by Gasteiger charge is 2.01. The van der Waals surface area contributed by atoms with E-state index in [0.29, 0.717) is 23.5 Å². The molecule has 0 aliphatic carbocycles. The van der Waals surface area contributed by atoms with Crippen molar-refractivity contribution in [2.45, 2.75) is 13.3 Å². The van der Waals surface area contributed by atoms with Gasteiger partial charge in [-0.2, -0.15) is 0 Å². The number of rotatable bonds is 5. The van der Waals surface area contributed by atoms with Crippen LogP contribution in [0.1, 0.15) is 24.5 Å². The fraction of sp³-hybridized carbons (Fsp3) is 0.250. The minimum absolute atomic E-state index is 0.0855. The van der Waals surface area contributed by atoms with E-state index < -0.39 is 5.97 Å². The summed E-state index contributed by atoms with van der Waals surface area (Å²) in [6, 6.07) is 5.32. The highest BCUT2D eigenvalue weighted by molar-refractivity contribution is 8.13. The first-order valence-electron chi connectivity index (χ1n) is 6.24. The molecule has 0 saturated heterocycles. The first kappa shape index (κ1) is 16.9. The largest absolute Gasteiger partial charge is 0.496 e. The standard InChI is InChI=1S/C16H16O4S/c1-12(17)21-10-4-3-5-13-6-8-15(20-2)14(11-13)7-9-16(18)19/h6-9,11H,4,10H2,1-2H3,(H,18,19)/b9-7+. The normalized spacial score (nSPS) is 10.0. The molecule has 1 rings (SSSR count). The second-order valence-electron chi connectivity index (χ2n) is 4.02. The Bertz CT molecular complexity index is 608. The third-order valence-electron chi connectivity index (χ3n) is 2.40. The molecule has 0 atom stereocenters. The number of hydrogen-bond acceptors (Lipinski definition) is 4. The summed E-state index contributed by atoms with van der Waals surface area (Å²) in [5.41, 5.74) is 1.43. The molecule has 0 heterocycles. The van der Waals surface area contributed by atoms with E-state index >= 15 is 0 Å². The van der Waals surface area contributed by atoms with Crippen molar-refractivity contribution < 1.29 is 19.4 Å². The van der Waals surface area contributed by atoms with Gasteiger partial charge in [-0.15, -0.1) is 0 Å². The van der Waals surface area contributed by atoms with E-state index in [1.54, 1.807) is 12.1 Å². The molecule has 1 aromatic rings. The Hall–Kier alpha value is -2.19. The van der Waals surface area contributed by atoms with Gasteiger partial charge in [0, 0.05) is 36.3 Å². The second kappa shape index (κ2) is 8.88. The molecule has 0 bridgehead atoms. The van der Waals surface area contributed by atoms with Gasteiger partial charge in [-0.05, 0) is 24.3 Å². The number of ether oxygens (including phenoxy) is 1. The molecule has 4 nitrogen and oxygen atoms in total. The summed E-state index contributed by atoms with van der Waals surface area (Å²) in [4.78, 5) is 21.3. The van der Waals surface area contributed by atoms with Gasteiger partial charge in [-0.1, -0.05) is 23.6 Å². The average Bonchev–Trinajstić information content (AvgIpc) is 2.44. The molecule has 0 radical (unpaired) electrons. The van der Waals surface area contributed by atoms with E-state index in [4.69, 9.17) is 9.84 Å². The van der Waals surface area contributed by atoms with Crippen LogP contribution >= 0.6 is 11.8 Å². The minimum Gasteiger partial charge on any atom is -0.496 e. The zero-order valence-corrected chi connectivity index (χ0v) is 12.7. The fourth-order valence-corrected chi connectivity index (χ4v) is 2.01. The molecule has 5 heteroatoms. The van der Waals surface area contributed by atoms with Gasteiger partial charge < -0.3 is 9.84 Å². The number of methoxy groups -OCH3 is 1. The van der Waals surface area contributed by atoms with E-state index in [2.05, 4.69) is 11.8 Å². The molecule has 0 aliphatic rings. The predicted octanol–water partition coefficient (Wildman–Crippen LogP) is 2.81. The van der Waals surface area contributed by atoms with Crippen LogP contribution in [-0.4, -0.2) is 29.1 Å². The van der Waals surface area contributed by atoms with Crippen LogP contribution < -0.4 is 4.74 Å². The molecule has 0 aromatic heterocycles. The van der Waals surface area contributed by atoms with Crippen LogP contribution in [0.4, 0.5) is 0 Å². The van der Waals surface area contributed by atoms with E-state index in [0.717, 1.165) is 11.6 Å². The Morgan fingerprint density at radius 3 is 2.81 bits per heavy atom. The Labute approximate surface area is 128 Å². The first-order chi connectivity index (χ1) is 10.0. The number of carbonyl (C=O) groups is 2. The van der Waals surface area contributed by atoms with Gasteiger partial charge in [0.2, 0.25) is 0 Å². The summed E-state index contributed by atoms with van der Waals surface area (Å²) < 4.78 is 5.17. The number of carbonyl (C=O) groups excluding carboxylic acids is 1. The summed E-state index contributed by atoms with van der Waals surface area (Å²) in [6.07, 6.45) is 3.15. The molecule has 110 valence electrons. The van der Waals surface area contributed by atoms with Gasteiger partial charge in [0.05, 0.1) is 7.11 Å². The summed E-state index contributed by atoms with van der Waals surface area (Å²) in [6.45, 7) is 1.53. The lowest BCUT2D eigenvalue weighted by molar-refractivity contribution is -0.131. The van der Waals surface area contributed by atoms with Gasteiger partial charge >= 0.3 is 5.97 Å². The smallest absolute Gasteiger partial charge is 0.328 e. The van der Waals surface area contributed by atoms with Crippen molar-refractivity contribution in [1.82, 2.24) is 0 Å². The Kier molecular flexibility index (Phi) is 7.13. The maximum atomic E-state index is 10.8. The van der Waals surface area contributed by atoms with Gasteiger partial charge in [0.1, 0.15) is 5.75 Å². The van der Waals surface area contributed by atoms with Crippen molar-refractivity contribution in [1.29, 1.82) is 0 Å². The Morgan fingerprint density at radius 2 is 2.19 bits per heavy atom. The molecular formula is C16H16O4S. The Morgan fingerprint density at radius 1 is 1.43 bits per heavy atom. The summed E-state index contributed by atoms with van der Waals surface area (Å²) in [5.74, 6) is 6.21. The quantitative estimate of drug-likeness (QED) is 0.515. The maximum Gasteiger partial charge on any atom is 0.328 e. The van der Waals surface area contributed by atoms with Crippen molar-refractivity contribution >= 4 is 28.9 Å². The van der Waals surface area contributed by atoms with Crippen molar-refractivity contribution in [2.75, 3.05) is 12.9 Å². The number of thioether (sulfide) groups is 1. The van der Waals surface area contributed by atoms with Crippen LogP contribution in [0.5, 0.6) is 5.75 Å². The van der Waals surface area contributed by atoms with Crippen LogP contribution in [0.25, 0.3) is 6.08 Å². The number of carboxylic acid groups (broad SMARTS) is 1.